The lowest BCUT2D eigenvalue weighted by Gasteiger charge is -2.39. The van der Waals surface area contributed by atoms with Gasteiger partial charge in [0.25, 0.3) is 0 Å². The summed E-state index contributed by atoms with van der Waals surface area (Å²) in [5.74, 6) is 0.131. The second kappa shape index (κ2) is 7.25. The maximum absolute atomic E-state index is 12.6. The van der Waals surface area contributed by atoms with Crippen LogP contribution in [0.1, 0.15) is 46.5 Å². The van der Waals surface area contributed by atoms with Crippen LogP contribution in [0.2, 0.25) is 0 Å². The summed E-state index contributed by atoms with van der Waals surface area (Å²) in [6.45, 7) is 5.88. The number of piperazine rings is 1. The first-order valence-electron chi connectivity index (χ1n) is 9.29. The number of hydrogen-bond acceptors (Lipinski definition) is 5. The van der Waals surface area contributed by atoms with Crippen LogP contribution in [0.4, 0.5) is 9.59 Å². The molecular formula is C19H26N2O6. The molecule has 2 heterocycles. The van der Waals surface area contributed by atoms with Gasteiger partial charge in [-0.2, -0.15) is 0 Å². The van der Waals surface area contributed by atoms with Crippen LogP contribution >= 0.6 is 0 Å². The van der Waals surface area contributed by atoms with Crippen LogP contribution < -0.4 is 0 Å². The van der Waals surface area contributed by atoms with Gasteiger partial charge in [0, 0.05) is 30.8 Å². The molecule has 0 bridgehead atoms. The standard InChI is InChI=1S/C19H26N2O6/c1-19(2,3)27-18(25)21-9-8-20(17(23)24)11-12(21)10-15-13-6-4-5-7-14(13)16(22)26-15/h10,12H,4-9,11H2,1-3H3,(H,23,24). The summed E-state index contributed by atoms with van der Waals surface area (Å²) in [5, 5.41) is 9.33. The van der Waals surface area contributed by atoms with Gasteiger partial charge in [-0.05, 0) is 52.5 Å². The minimum Gasteiger partial charge on any atom is -0.465 e. The van der Waals surface area contributed by atoms with Gasteiger partial charge in [0.2, 0.25) is 0 Å². The number of carbonyl (C=O) groups is 3. The number of carbonyl (C=O) groups excluding carboxylic acids is 2. The second-order valence-corrected chi connectivity index (χ2v) is 8.05. The fourth-order valence-electron chi connectivity index (χ4n) is 3.61. The molecule has 2 aliphatic heterocycles. The molecule has 1 atom stereocenters. The Hall–Kier alpha value is -2.51. The van der Waals surface area contributed by atoms with E-state index in [-0.39, 0.29) is 25.6 Å². The Morgan fingerprint density at radius 1 is 1.19 bits per heavy atom. The van der Waals surface area contributed by atoms with Crippen molar-refractivity contribution in [3.63, 3.8) is 0 Å². The van der Waals surface area contributed by atoms with E-state index in [0.29, 0.717) is 17.8 Å². The summed E-state index contributed by atoms with van der Waals surface area (Å²) in [4.78, 5) is 38.9. The molecule has 1 saturated heterocycles. The third-order valence-corrected chi connectivity index (χ3v) is 4.88. The summed E-state index contributed by atoms with van der Waals surface area (Å²) in [6.07, 6.45) is 3.56. The molecule has 27 heavy (non-hydrogen) atoms. The van der Waals surface area contributed by atoms with E-state index < -0.39 is 23.8 Å². The van der Waals surface area contributed by atoms with Crippen LogP contribution in [0, 0.1) is 0 Å². The van der Waals surface area contributed by atoms with Crippen molar-refractivity contribution in [1.29, 1.82) is 0 Å². The lowest BCUT2D eigenvalue weighted by Crippen LogP contribution is -2.56. The van der Waals surface area contributed by atoms with Crippen LogP contribution in [-0.2, 0) is 14.3 Å². The molecule has 1 N–H and O–H groups in total. The average molecular weight is 378 g/mol. The van der Waals surface area contributed by atoms with Gasteiger partial charge in [0.15, 0.2) is 0 Å². The number of ether oxygens (including phenoxy) is 2. The largest absolute Gasteiger partial charge is 0.465 e. The molecule has 0 saturated carbocycles. The predicted octanol–water partition coefficient (Wildman–Crippen LogP) is 2.90. The maximum atomic E-state index is 12.6. The van der Waals surface area contributed by atoms with Crippen molar-refractivity contribution in [2.45, 2.75) is 58.1 Å². The van der Waals surface area contributed by atoms with Crippen molar-refractivity contribution >= 4 is 18.2 Å². The molecule has 1 fully saturated rings. The number of amides is 2. The van der Waals surface area contributed by atoms with E-state index in [9.17, 15) is 19.5 Å². The smallest absolute Gasteiger partial charge is 0.410 e. The highest BCUT2D eigenvalue weighted by atomic mass is 16.6. The van der Waals surface area contributed by atoms with Crippen molar-refractivity contribution in [3.8, 4) is 0 Å². The summed E-state index contributed by atoms with van der Waals surface area (Å²) < 4.78 is 10.9. The monoisotopic (exact) mass is 378 g/mol. The zero-order valence-electron chi connectivity index (χ0n) is 16.0. The lowest BCUT2D eigenvalue weighted by molar-refractivity contribution is -0.133. The molecule has 148 valence electrons. The normalized spacial score (nSPS) is 24.8. The zero-order valence-corrected chi connectivity index (χ0v) is 16.0. The van der Waals surface area contributed by atoms with Gasteiger partial charge in [-0.1, -0.05) is 0 Å². The van der Waals surface area contributed by atoms with E-state index in [0.717, 1.165) is 24.8 Å². The molecule has 0 radical (unpaired) electrons. The molecule has 1 aliphatic carbocycles. The molecule has 3 aliphatic rings. The van der Waals surface area contributed by atoms with Crippen LogP contribution in [0.3, 0.4) is 0 Å². The molecule has 0 aromatic heterocycles. The van der Waals surface area contributed by atoms with Gasteiger partial charge < -0.3 is 19.5 Å². The number of allylic oxidation sites excluding steroid dienone is 1. The van der Waals surface area contributed by atoms with E-state index in [4.69, 9.17) is 9.47 Å². The van der Waals surface area contributed by atoms with E-state index in [1.807, 2.05) is 0 Å². The zero-order chi connectivity index (χ0) is 19.8. The number of esters is 1. The van der Waals surface area contributed by atoms with Gasteiger partial charge in [0.1, 0.15) is 11.4 Å². The van der Waals surface area contributed by atoms with Gasteiger partial charge in [-0.25, -0.2) is 14.4 Å². The SMILES string of the molecule is CC(C)(C)OC(=O)N1CCN(C(=O)O)CC1C=C1OC(=O)C2=C1CCCC2. The number of rotatable bonds is 1. The van der Waals surface area contributed by atoms with Gasteiger partial charge >= 0.3 is 18.2 Å². The summed E-state index contributed by atoms with van der Waals surface area (Å²) in [6, 6.07) is -0.554. The number of carboxylic acid groups (broad SMARTS) is 1. The third kappa shape index (κ3) is 4.26. The Morgan fingerprint density at radius 3 is 2.48 bits per heavy atom. The highest BCUT2D eigenvalue weighted by Crippen LogP contribution is 2.37. The molecule has 1 unspecified atom stereocenters. The molecule has 8 nitrogen and oxygen atoms in total. The van der Waals surface area contributed by atoms with Crippen LogP contribution in [0.25, 0.3) is 0 Å². The summed E-state index contributed by atoms with van der Waals surface area (Å²) in [7, 11) is 0. The van der Waals surface area contributed by atoms with Crippen LogP contribution in [0.5, 0.6) is 0 Å². The Balaban J connectivity index is 1.87. The Morgan fingerprint density at radius 2 is 1.85 bits per heavy atom. The first-order chi connectivity index (χ1) is 12.7. The van der Waals surface area contributed by atoms with Crippen molar-refractivity contribution in [1.82, 2.24) is 9.80 Å². The Labute approximate surface area is 158 Å². The van der Waals surface area contributed by atoms with E-state index >= 15 is 0 Å². The van der Waals surface area contributed by atoms with Gasteiger partial charge in [-0.3, -0.25) is 4.90 Å². The molecule has 0 spiro atoms. The second-order valence-electron chi connectivity index (χ2n) is 8.05. The first-order valence-corrected chi connectivity index (χ1v) is 9.29. The molecule has 8 heteroatoms. The lowest BCUT2D eigenvalue weighted by atomic mass is 9.91. The van der Waals surface area contributed by atoms with Crippen molar-refractivity contribution in [2.24, 2.45) is 0 Å². The minimum atomic E-state index is -1.04. The topological polar surface area (TPSA) is 96.4 Å². The van der Waals surface area contributed by atoms with Crippen LogP contribution in [-0.4, -0.2) is 64.3 Å². The predicted molar refractivity (Wildman–Crippen MR) is 96.0 cm³/mol. The van der Waals surface area contributed by atoms with Crippen molar-refractivity contribution < 1.29 is 29.0 Å². The Kier molecular flexibility index (Phi) is 5.17. The maximum Gasteiger partial charge on any atom is 0.410 e. The third-order valence-electron chi connectivity index (χ3n) is 4.88. The Bertz CT molecular complexity index is 718. The first kappa shape index (κ1) is 19.3. The van der Waals surface area contributed by atoms with Crippen molar-refractivity contribution in [3.05, 3.63) is 23.0 Å². The van der Waals surface area contributed by atoms with E-state index in [1.54, 1.807) is 26.8 Å². The number of nitrogens with zero attached hydrogens (tertiary/aromatic N) is 2. The fraction of sp³-hybridized carbons (Fsp3) is 0.632. The van der Waals surface area contributed by atoms with Gasteiger partial charge in [0.05, 0.1) is 6.04 Å². The molecule has 0 aromatic carbocycles. The van der Waals surface area contributed by atoms with Crippen LogP contribution in [0.15, 0.2) is 23.0 Å². The van der Waals surface area contributed by atoms with E-state index in [1.165, 1.54) is 9.80 Å². The highest BCUT2D eigenvalue weighted by molar-refractivity contribution is 5.94. The molecular weight excluding hydrogens is 352 g/mol. The number of cyclic esters (lactones) is 1. The summed E-state index contributed by atoms with van der Waals surface area (Å²) >= 11 is 0. The fourth-order valence-corrected chi connectivity index (χ4v) is 3.61. The highest BCUT2D eigenvalue weighted by Gasteiger charge is 2.37. The quantitative estimate of drug-likeness (QED) is 0.705. The molecule has 0 aromatic rings. The van der Waals surface area contributed by atoms with Gasteiger partial charge in [-0.15, -0.1) is 0 Å². The summed E-state index contributed by atoms with van der Waals surface area (Å²) in [5.41, 5.74) is 0.947. The average Bonchev–Trinajstić information content (AvgIpc) is 2.89. The number of hydrogen-bond donors (Lipinski definition) is 1. The molecule has 3 rings (SSSR count). The van der Waals surface area contributed by atoms with E-state index in [2.05, 4.69) is 0 Å². The molecule has 2 amide bonds. The minimum absolute atomic E-state index is 0.109. The van der Waals surface area contributed by atoms with Crippen molar-refractivity contribution in [2.75, 3.05) is 19.6 Å².